The largest absolute Gasteiger partial charge is 0.493 e. The van der Waals surface area contributed by atoms with Crippen molar-refractivity contribution in [3.63, 3.8) is 0 Å². The second-order valence-corrected chi connectivity index (χ2v) is 6.58. The predicted molar refractivity (Wildman–Crippen MR) is 113 cm³/mol. The van der Waals surface area contributed by atoms with Crippen LogP contribution < -0.4 is 10.3 Å². The van der Waals surface area contributed by atoms with Gasteiger partial charge >= 0.3 is 0 Å². The normalized spacial score (nSPS) is 11.5. The number of para-hydroxylation sites is 1. The lowest BCUT2D eigenvalue weighted by Gasteiger charge is -2.11. The SMILES string of the molecule is CCCOc1ccc2ccccc2c1/C=N\n1c(C)nc2ccccc2c1=O. The van der Waals surface area contributed by atoms with Gasteiger partial charge in [0, 0.05) is 5.56 Å². The molecule has 4 aromatic rings. The third-order valence-corrected chi connectivity index (χ3v) is 4.61. The first-order valence-corrected chi connectivity index (χ1v) is 9.36. The smallest absolute Gasteiger partial charge is 0.282 e. The van der Waals surface area contributed by atoms with Crippen molar-refractivity contribution >= 4 is 27.9 Å². The summed E-state index contributed by atoms with van der Waals surface area (Å²) < 4.78 is 7.26. The molecule has 0 aliphatic heterocycles. The molecule has 5 heteroatoms. The number of fused-ring (bicyclic) bond motifs is 2. The Morgan fingerprint density at radius 3 is 2.61 bits per heavy atom. The average Bonchev–Trinajstić information content (AvgIpc) is 2.72. The van der Waals surface area contributed by atoms with Crippen molar-refractivity contribution < 1.29 is 4.74 Å². The monoisotopic (exact) mass is 371 g/mol. The van der Waals surface area contributed by atoms with E-state index in [1.54, 1.807) is 19.2 Å². The molecule has 28 heavy (non-hydrogen) atoms. The maximum Gasteiger partial charge on any atom is 0.282 e. The van der Waals surface area contributed by atoms with Crippen molar-refractivity contribution in [2.24, 2.45) is 5.10 Å². The van der Waals surface area contributed by atoms with Gasteiger partial charge < -0.3 is 4.74 Å². The van der Waals surface area contributed by atoms with Gasteiger partial charge in [-0.3, -0.25) is 4.79 Å². The molecular formula is C23H21N3O2. The third-order valence-electron chi connectivity index (χ3n) is 4.61. The minimum absolute atomic E-state index is 0.185. The highest BCUT2D eigenvalue weighted by Gasteiger charge is 2.09. The van der Waals surface area contributed by atoms with Crippen molar-refractivity contribution in [2.75, 3.05) is 6.61 Å². The molecule has 0 saturated carbocycles. The van der Waals surface area contributed by atoms with E-state index in [1.165, 1.54) is 4.68 Å². The van der Waals surface area contributed by atoms with Crippen molar-refractivity contribution in [1.29, 1.82) is 0 Å². The Hall–Kier alpha value is -3.47. The van der Waals surface area contributed by atoms with Crippen LogP contribution in [0.4, 0.5) is 0 Å². The van der Waals surface area contributed by atoms with Crippen LogP contribution in [0.15, 0.2) is 70.6 Å². The molecule has 4 rings (SSSR count). The molecule has 0 amide bonds. The zero-order chi connectivity index (χ0) is 19.5. The molecule has 0 spiro atoms. The van der Waals surface area contributed by atoms with Gasteiger partial charge in [-0.25, -0.2) is 4.98 Å². The summed E-state index contributed by atoms with van der Waals surface area (Å²) in [7, 11) is 0. The van der Waals surface area contributed by atoms with Gasteiger partial charge in [0.25, 0.3) is 5.56 Å². The molecule has 0 aliphatic rings. The molecule has 3 aromatic carbocycles. The van der Waals surface area contributed by atoms with E-state index in [0.717, 1.165) is 28.5 Å². The number of aromatic nitrogens is 2. The molecule has 0 unspecified atom stereocenters. The van der Waals surface area contributed by atoms with E-state index in [-0.39, 0.29) is 5.56 Å². The molecule has 1 heterocycles. The fraction of sp³-hybridized carbons (Fsp3) is 0.174. The number of nitrogens with zero attached hydrogens (tertiary/aromatic N) is 3. The number of hydrogen-bond acceptors (Lipinski definition) is 4. The van der Waals surface area contributed by atoms with Gasteiger partial charge in [-0.05, 0) is 42.3 Å². The highest BCUT2D eigenvalue weighted by atomic mass is 16.5. The topological polar surface area (TPSA) is 56.5 Å². The lowest BCUT2D eigenvalue weighted by atomic mass is 10.0. The number of benzene rings is 3. The van der Waals surface area contributed by atoms with Gasteiger partial charge in [0.05, 0.1) is 23.7 Å². The summed E-state index contributed by atoms with van der Waals surface area (Å²) in [5, 5.41) is 7.15. The average molecular weight is 371 g/mol. The Bertz CT molecular complexity index is 1240. The van der Waals surface area contributed by atoms with Crippen LogP contribution in [0.2, 0.25) is 0 Å². The van der Waals surface area contributed by atoms with Crippen LogP contribution in [-0.4, -0.2) is 22.5 Å². The summed E-state index contributed by atoms with van der Waals surface area (Å²) >= 11 is 0. The summed E-state index contributed by atoms with van der Waals surface area (Å²) in [6.07, 6.45) is 2.61. The van der Waals surface area contributed by atoms with Gasteiger partial charge in [-0.1, -0.05) is 49.4 Å². The molecular weight excluding hydrogens is 350 g/mol. The van der Waals surface area contributed by atoms with Gasteiger partial charge in [-0.2, -0.15) is 9.78 Å². The van der Waals surface area contributed by atoms with E-state index in [0.29, 0.717) is 23.3 Å². The maximum atomic E-state index is 12.9. The van der Waals surface area contributed by atoms with E-state index >= 15 is 0 Å². The lowest BCUT2D eigenvalue weighted by Crippen LogP contribution is -2.20. The number of rotatable bonds is 5. The first-order chi connectivity index (χ1) is 13.7. The Balaban J connectivity index is 1.87. The van der Waals surface area contributed by atoms with Crippen LogP contribution in [0.1, 0.15) is 24.7 Å². The molecule has 0 radical (unpaired) electrons. The van der Waals surface area contributed by atoms with Crippen LogP contribution in [0.3, 0.4) is 0 Å². The Kier molecular flexibility index (Phi) is 4.89. The maximum absolute atomic E-state index is 12.9. The molecule has 0 saturated heterocycles. The van der Waals surface area contributed by atoms with Crippen LogP contribution in [0.25, 0.3) is 21.7 Å². The van der Waals surface area contributed by atoms with Crippen molar-refractivity contribution in [1.82, 2.24) is 9.66 Å². The number of hydrogen-bond donors (Lipinski definition) is 0. The predicted octanol–water partition coefficient (Wildman–Crippen LogP) is 4.53. The number of aryl methyl sites for hydroxylation is 1. The second-order valence-electron chi connectivity index (χ2n) is 6.58. The summed E-state index contributed by atoms with van der Waals surface area (Å²) in [6, 6.07) is 19.3. The van der Waals surface area contributed by atoms with Crippen molar-refractivity contribution in [3.05, 3.63) is 82.4 Å². The summed E-state index contributed by atoms with van der Waals surface area (Å²) in [5.41, 5.74) is 1.34. The van der Waals surface area contributed by atoms with Crippen LogP contribution in [-0.2, 0) is 0 Å². The second kappa shape index (κ2) is 7.64. The molecule has 0 fully saturated rings. The quantitative estimate of drug-likeness (QED) is 0.484. The highest BCUT2D eigenvalue weighted by Crippen LogP contribution is 2.27. The zero-order valence-corrected chi connectivity index (χ0v) is 15.9. The zero-order valence-electron chi connectivity index (χ0n) is 15.9. The van der Waals surface area contributed by atoms with Crippen LogP contribution in [0.5, 0.6) is 5.75 Å². The van der Waals surface area contributed by atoms with Gasteiger partial charge in [0.1, 0.15) is 11.6 Å². The Morgan fingerprint density at radius 2 is 1.79 bits per heavy atom. The Labute approximate surface area is 162 Å². The first kappa shape index (κ1) is 17.9. The standard InChI is InChI=1S/C23H21N3O2/c1-3-14-28-22-13-12-17-8-4-5-9-18(17)20(22)15-24-26-16(2)25-21-11-7-6-10-19(21)23(26)27/h4-13,15H,3,14H2,1-2H3/b24-15-. The Morgan fingerprint density at radius 1 is 1.04 bits per heavy atom. The lowest BCUT2D eigenvalue weighted by molar-refractivity contribution is 0.317. The molecule has 5 nitrogen and oxygen atoms in total. The molecule has 0 bridgehead atoms. The van der Waals surface area contributed by atoms with Crippen molar-refractivity contribution in [2.45, 2.75) is 20.3 Å². The fourth-order valence-corrected chi connectivity index (χ4v) is 3.23. The minimum Gasteiger partial charge on any atom is -0.493 e. The van der Waals surface area contributed by atoms with Gasteiger partial charge in [-0.15, -0.1) is 0 Å². The summed E-state index contributed by atoms with van der Waals surface area (Å²) in [4.78, 5) is 17.4. The van der Waals surface area contributed by atoms with Crippen molar-refractivity contribution in [3.8, 4) is 5.75 Å². The molecule has 0 atom stereocenters. The van der Waals surface area contributed by atoms with E-state index in [9.17, 15) is 4.79 Å². The van der Waals surface area contributed by atoms with Gasteiger partial charge in [0.2, 0.25) is 0 Å². The molecule has 0 aliphatic carbocycles. The summed E-state index contributed by atoms with van der Waals surface area (Å²) in [5.74, 6) is 1.29. The van der Waals surface area contributed by atoms with E-state index < -0.39 is 0 Å². The van der Waals surface area contributed by atoms with E-state index in [1.807, 2.05) is 54.6 Å². The summed E-state index contributed by atoms with van der Waals surface area (Å²) in [6.45, 7) is 4.47. The van der Waals surface area contributed by atoms with Crippen LogP contribution in [0, 0.1) is 6.92 Å². The van der Waals surface area contributed by atoms with E-state index in [2.05, 4.69) is 17.0 Å². The third kappa shape index (κ3) is 3.27. The number of ether oxygens (including phenoxy) is 1. The van der Waals surface area contributed by atoms with Crippen LogP contribution >= 0.6 is 0 Å². The first-order valence-electron chi connectivity index (χ1n) is 9.36. The van der Waals surface area contributed by atoms with Gasteiger partial charge in [0.15, 0.2) is 0 Å². The minimum atomic E-state index is -0.185. The van der Waals surface area contributed by atoms with E-state index in [4.69, 9.17) is 4.74 Å². The highest BCUT2D eigenvalue weighted by molar-refractivity contribution is 6.02. The molecule has 0 N–H and O–H groups in total. The molecule has 1 aromatic heterocycles. The fourth-order valence-electron chi connectivity index (χ4n) is 3.23. The molecule has 140 valence electrons.